The minimum atomic E-state index is -0.381. The van der Waals surface area contributed by atoms with E-state index in [9.17, 15) is 14.9 Å². The molecule has 64 valence electrons. The summed E-state index contributed by atoms with van der Waals surface area (Å²) in [4.78, 5) is 20.4. The highest BCUT2D eigenvalue weighted by atomic mass is 16.6. The maximum absolute atomic E-state index is 10.8. The van der Waals surface area contributed by atoms with Crippen molar-refractivity contribution in [1.82, 2.24) is 0 Å². The molecule has 4 heteroatoms. The summed E-state index contributed by atoms with van der Waals surface area (Å²) in [6.45, 7) is 3.38. The van der Waals surface area contributed by atoms with Crippen molar-refractivity contribution in [1.29, 1.82) is 0 Å². The van der Waals surface area contributed by atoms with Crippen molar-refractivity contribution in [3.8, 4) is 0 Å². The average molecular weight is 159 g/mol. The fourth-order valence-electron chi connectivity index (χ4n) is 0.852. The van der Waals surface area contributed by atoms with Gasteiger partial charge in [-0.05, 0) is 0 Å². The molecule has 0 rings (SSSR count). The Labute approximate surface area is 65.7 Å². The summed E-state index contributed by atoms with van der Waals surface area (Å²) in [5.74, 6) is -0.0307. The normalized spacial score (nSPS) is 12.5. The maximum Gasteiger partial charge on any atom is 0.206 e. The molecule has 0 aromatic rings. The molecule has 0 spiro atoms. The highest BCUT2D eigenvalue weighted by molar-refractivity contribution is 5.78. The minimum Gasteiger partial charge on any atom is -0.300 e. The van der Waals surface area contributed by atoms with Crippen LogP contribution in [0.3, 0.4) is 0 Å². The molecule has 0 aliphatic heterocycles. The van der Waals surface area contributed by atoms with Crippen molar-refractivity contribution < 1.29 is 9.72 Å². The third-order valence-corrected chi connectivity index (χ3v) is 1.43. The van der Waals surface area contributed by atoms with Crippen molar-refractivity contribution >= 4 is 5.78 Å². The Morgan fingerprint density at radius 2 is 2.18 bits per heavy atom. The molecule has 0 aliphatic rings. The van der Waals surface area contributed by atoms with E-state index in [1.165, 1.54) is 0 Å². The van der Waals surface area contributed by atoms with E-state index in [1.807, 2.05) is 0 Å². The van der Waals surface area contributed by atoms with E-state index in [1.54, 1.807) is 13.8 Å². The molecular weight excluding hydrogens is 146 g/mol. The smallest absolute Gasteiger partial charge is 0.206 e. The lowest BCUT2D eigenvalue weighted by atomic mass is 10.0. The van der Waals surface area contributed by atoms with Crippen LogP contribution in [0.5, 0.6) is 0 Å². The number of hydrogen-bond acceptors (Lipinski definition) is 3. The monoisotopic (exact) mass is 159 g/mol. The van der Waals surface area contributed by atoms with Gasteiger partial charge in [0.1, 0.15) is 5.78 Å². The third kappa shape index (κ3) is 5.51. The molecule has 11 heavy (non-hydrogen) atoms. The number of nitrogens with zero attached hydrogens (tertiary/aromatic N) is 1. The Morgan fingerprint density at radius 3 is 2.55 bits per heavy atom. The van der Waals surface area contributed by atoms with E-state index in [0.29, 0.717) is 12.8 Å². The largest absolute Gasteiger partial charge is 0.300 e. The molecule has 0 unspecified atom stereocenters. The van der Waals surface area contributed by atoms with Crippen LogP contribution >= 0.6 is 0 Å². The second kappa shape index (κ2) is 4.82. The second-order valence-corrected chi connectivity index (χ2v) is 2.72. The van der Waals surface area contributed by atoms with Crippen molar-refractivity contribution in [3.05, 3.63) is 10.1 Å². The molecule has 0 aromatic carbocycles. The van der Waals surface area contributed by atoms with Gasteiger partial charge in [-0.1, -0.05) is 13.8 Å². The lowest BCUT2D eigenvalue weighted by Crippen LogP contribution is -2.14. The van der Waals surface area contributed by atoms with Gasteiger partial charge in [0.15, 0.2) is 0 Å². The highest BCUT2D eigenvalue weighted by Crippen LogP contribution is 2.03. The molecule has 0 aromatic heterocycles. The molecule has 4 nitrogen and oxygen atoms in total. The van der Waals surface area contributed by atoms with E-state index in [0.717, 1.165) is 0 Å². The molecule has 0 saturated carbocycles. The van der Waals surface area contributed by atoms with Crippen molar-refractivity contribution in [2.45, 2.75) is 26.7 Å². The molecule has 0 heterocycles. The van der Waals surface area contributed by atoms with Gasteiger partial charge in [0, 0.05) is 23.7 Å². The van der Waals surface area contributed by atoms with E-state index < -0.39 is 0 Å². The molecule has 0 saturated heterocycles. The maximum atomic E-state index is 10.8. The van der Waals surface area contributed by atoms with Crippen molar-refractivity contribution in [2.24, 2.45) is 5.92 Å². The first-order valence-corrected chi connectivity index (χ1v) is 3.69. The highest BCUT2D eigenvalue weighted by Gasteiger charge is 2.12. The van der Waals surface area contributed by atoms with Crippen LogP contribution in [0.25, 0.3) is 0 Å². The SMILES string of the molecule is CCC(=O)C[C@H](C)C[N+](=O)[O-]. The Bertz CT molecular complexity index is 156. The number of rotatable bonds is 5. The number of carbonyl (C=O) groups is 1. The van der Waals surface area contributed by atoms with Crippen LogP contribution in [-0.2, 0) is 4.79 Å². The molecule has 0 N–H and O–H groups in total. The Morgan fingerprint density at radius 1 is 1.64 bits per heavy atom. The molecule has 0 amide bonds. The van der Waals surface area contributed by atoms with Crippen molar-refractivity contribution in [2.75, 3.05) is 6.54 Å². The predicted octanol–water partition coefficient (Wildman–Crippen LogP) is 1.27. The van der Waals surface area contributed by atoms with Gasteiger partial charge in [0.05, 0.1) is 0 Å². The number of Topliss-reactive ketones (excluding diaryl/α,β-unsaturated/α-hetero) is 1. The topological polar surface area (TPSA) is 60.2 Å². The van der Waals surface area contributed by atoms with Gasteiger partial charge >= 0.3 is 0 Å². The molecule has 0 radical (unpaired) electrons. The first-order chi connectivity index (χ1) is 5.06. The fraction of sp³-hybridized carbons (Fsp3) is 0.857. The van der Waals surface area contributed by atoms with E-state index >= 15 is 0 Å². The van der Waals surface area contributed by atoms with Crippen LogP contribution in [0.4, 0.5) is 0 Å². The van der Waals surface area contributed by atoms with Gasteiger partial charge in [-0.25, -0.2) is 0 Å². The van der Waals surface area contributed by atoms with Gasteiger partial charge in [0.25, 0.3) is 0 Å². The molecular formula is C7H13NO3. The van der Waals surface area contributed by atoms with Crippen LogP contribution in [-0.4, -0.2) is 17.3 Å². The lowest BCUT2D eigenvalue weighted by Gasteiger charge is -2.02. The fourth-order valence-corrected chi connectivity index (χ4v) is 0.852. The van der Waals surface area contributed by atoms with E-state index in [2.05, 4.69) is 0 Å². The van der Waals surface area contributed by atoms with Crippen LogP contribution in [0.2, 0.25) is 0 Å². The van der Waals surface area contributed by atoms with E-state index in [4.69, 9.17) is 0 Å². The van der Waals surface area contributed by atoms with E-state index in [-0.39, 0.29) is 23.2 Å². The van der Waals surface area contributed by atoms with Crippen LogP contribution in [0.15, 0.2) is 0 Å². The molecule has 0 aliphatic carbocycles. The summed E-state index contributed by atoms with van der Waals surface area (Å²) in [7, 11) is 0. The summed E-state index contributed by atoms with van der Waals surface area (Å²) in [5, 5.41) is 9.97. The zero-order chi connectivity index (χ0) is 8.85. The van der Waals surface area contributed by atoms with Crippen LogP contribution in [0, 0.1) is 16.0 Å². The first-order valence-electron chi connectivity index (χ1n) is 3.69. The Balaban J connectivity index is 3.60. The third-order valence-electron chi connectivity index (χ3n) is 1.43. The Kier molecular flexibility index (Phi) is 4.41. The van der Waals surface area contributed by atoms with Crippen LogP contribution < -0.4 is 0 Å². The number of hydrogen-bond donors (Lipinski definition) is 0. The lowest BCUT2D eigenvalue weighted by molar-refractivity contribution is -0.487. The predicted molar refractivity (Wildman–Crippen MR) is 40.9 cm³/mol. The zero-order valence-corrected chi connectivity index (χ0v) is 6.87. The zero-order valence-electron chi connectivity index (χ0n) is 6.87. The first kappa shape index (κ1) is 10.1. The van der Waals surface area contributed by atoms with Gasteiger partial charge < -0.3 is 0 Å². The molecule has 0 bridgehead atoms. The summed E-state index contributed by atoms with van der Waals surface area (Å²) < 4.78 is 0. The number of carbonyl (C=O) groups excluding carboxylic acids is 1. The summed E-state index contributed by atoms with van der Waals surface area (Å²) in [6, 6.07) is 0. The quantitative estimate of drug-likeness (QED) is 0.448. The Hall–Kier alpha value is -0.930. The summed E-state index contributed by atoms with van der Waals surface area (Å²) in [6.07, 6.45) is 0.805. The van der Waals surface area contributed by atoms with Crippen LogP contribution in [0.1, 0.15) is 26.7 Å². The number of ketones is 1. The van der Waals surface area contributed by atoms with Crippen molar-refractivity contribution in [3.63, 3.8) is 0 Å². The standard InChI is InChI=1S/C7H13NO3/c1-3-7(9)4-6(2)5-8(10)11/h6H,3-5H2,1-2H3/t6-/m0/s1. The molecule has 0 fully saturated rings. The summed E-state index contributed by atoms with van der Waals surface area (Å²) in [5.41, 5.74) is 0. The van der Waals surface area contributed by atoms with Gasteiger partial charge in [0.2, 0.25) is 6.54 Å². The molecule has 1 atom stereocenters. The second-order valence-electron chi connectivity index (χ2n) is 2.72. The minimum absolute atomic E-state index is 0.0966. The number of nitro groups is 1. The van der Waals surface area contributed by atoms with Gasteiger partial charge in [-0.15, -0.1) is 0 Å². The van der Waals surface area contributed by atoms with Gasteiger partial charge in [-0.2, -0.15) is 0 Å². The summed E-state index contributed by atoms with van der Waals surface area (Å²) >= 11 is 0. The van der Waals surface area contributed by atoms with Gasteiger partial charge in [-0.3, -0.25) is 14.9 Å². The average Bonchev–Trinajstić information content (AvgIpc) is 1.85.